The quantitative estimate of drug-likeness (QED) is 0.666. The summed E-state index contributed by atoms with van der Waals surface area (Å²) in [6.07, 6.45) is 0.838. The van der Waals surface area contributed by atoms with Crippen LogP contribution in [0.25, 0.3) is 0 Å². The minimum absolute atomic E-state index is 0.104. The van der Waals surface area contributed by atoms with Crippen LogP contribution >= 0.6 is 0 Å². The molecule has 0 aliphatic rings. The molecular formula is C19H27N5O5. The van der Waals surface area contributed by atoms with Crippen LogP contribution in [0.2, 0.25) is 0 Å². The van der Waals surface area contributed by atoms with Gasteiger partial charge in [-0.2, -0.15) is 0 Å². The molecule has 2 aromatic rings. The Morgan fingerprint density at radius 3 is 2.38 bits per heavy atom. The van der Waals surface area contributed by atoms with Gasteiger partial charge in [0.15, 0.2) is 23.9 Å². The van der Waals surface area contributed by atoms with E-state index in [2.05, 4.69) is 20.8 Å². The largest absolute Gasteiger partial charge is 0.493 e. The first-order valence-corrected chi connectivity index (χ1v) is 9.20. The zero-order chi connectivity index (χ0) is 21.6. The molecule has 1 amide bonds. The van der Waals surface area contributed by atoms with Crippen LogP contribution < -0.4 is 14.8 Å². The Kier molecular flexibility index (Phi) is 7.13. The van der Waals surface area contributed by atoms with Crippen LogP contribution in [0.4, 0.5) is 5.69 Å². The molecule has 0 unspecified atom stereocenters. The minimum Gasteiger partial charge on any atom is -0.493 e. The molecule has 1 aromatic heterocycles. The molecule has 0 aliphatic heterocycles. The van der Waals surface area contributed by atoms with Gasteiger partial charge in [0.25, 0.3) is 0 Å². The second-order valence-electron chi connectivity index (χ2n) is 7.35. The predicted octanol–water partition coefficient (Wildman–Crippen LogP) is 2.44. The monoisotopic (exact) mass is 405 g/mol. The zero-order valence-electron chi connectivity index (χ0n) is 17.6. The van der Waals surface area contributed by atoms with E-state index in [-0.39, 0.29) is 23.8 Å². The molecule has 1 aromatic carbocycles. The van der Waals surface area contributed by atoms with Gasteiger partial charge in [-0.25, -0.2) is 9.48 Å². The summed E-state index contributed by atoms with van der Waals surface area (Å²) in [4.78, 5) is 25.2. The van der Waals surface area contributed by atoms with Crippen LogP contribution in [0.1, 0.15) is 50.3 Å². The normalized spacial score (nSPS) is 11.1. The first-order chi connectivity index (χ1) is 13.7. The Labute approximate surface area is 169 Å². The molecular weight excluding hydrogens is 378 g/mol. The van der Waals surface area contributed by atoms with E-state index in [1.807, 2.05) is 6.92 Å². The number of ether oxygens (including phenoxy) is 3. The molecule has 0 saturated carbocycles. The van der Waals surface area contributed by atoms with Crippen molar-refractivity contribution in [1.29, 1.82) is 0 Å². The average Bonchev–Trinajstić information content (AvgIpc) is 3.12. The van der Waals surface area contributed by atoms with E-state index >= 15 is 0 Å². The summed E-state index contributed by atoms with van der Waals surface area (Å²) < 4.78 is 17.5. The van der Waals surface area contributed by atoms with Gasteiger partial charge in [0.1, 0.15) is 0 Å². The summed E-state index contributed by atoms with van der Waals surface area (Å²) >= 11 is 0. The zero-order valence-corrected chi connectivity index (χ0v) is 17.6. The number of aryl methyl sites for hydroxylation is 1. The van der Waals surface area contributed by atoms with Gasteiger partial charge in [0, 0.05) is 24.1 Å². The molecule has 0 fully saturated rings. The lowest BCUT2D eigenvalue weighted by molar-refractivity contribution is -0.123. The van der Waals surface area contributed by atoms with E-state index in [9.17, 15) is 9.59 Å². The molecule has 0 aliphatic carbocycles. The number of aromatic nitrogens is 4. The van der Waals surface area contributed by atoms with E-state index in [4.69, 9.17) is 14.2 Å². The van der Waals surface area contributed by atoms with Crippen molar-refractivity contribution in [2.75, 3.05) is 19.5 Å². The lowest BCUT2D eigenvalue weighted by atomic mass is 9.95. The van der Waals surface area contributed by atoms with E-state index in [0.29, 0.717) is 23.9 Å². The van der Waals surface area contributed by atoms with Crippen LogP contribution in [0.3, 0.4) is 0 Å². The van der Waals surface area contributed by atoms with Crippen molar-refractivity contribution in [3.63, 3.8) is 0 Å². The highest BCUT2D eigenvalue weighted by Crippen LogP contribution is 2.34. The molecule has 1 N–H and O–H groups in total. The summed E-state index contributed by atoms with van der Waals surface area (Å²) in [6, 6.07) is 2.99. The number of nitrogens with one attached hydrogen (secondary N) is 1. The van der Waals surface area contributed by atoms with Gasteiger partial charge < -0.3 is 19.5 Å². The Morgan fingerprint density at radius 1 is 1.14 bits per heavy atom. The average molecular weight is 405 g/mol. The van der Waals surface area contributed by atoms with Crippen molar-refractivity contribution in [3.05, 3.63) is 23.5 Å². The number of anilines is 1. The molecule has 29 heavy (non-hydrogen) atoms. The number of rotatable bonds is 8. The lowest BCUT2D eigenvalue weighted by Crippen LogP contribution is -2.28. The van der Waals surface area contributed by atoms with Crippen molar-refractivity contribution in [2.45, 2.75) is 47.3 Å². The third-order valence-electron chi connectivity index (χ3n) is 4.05. The van der Waals surface area contributed by atoms with Crippen molar-refractivity contribution >= 4 is 17.6 Å². The molecule has 0 bridgehead atoms. The highest BCUT2D eigenvalue weighted by atomic mass is 16.5. The molecule has 10 nitrogen and oxygen atoms in total. The third kappa shape index (κ3) is 5.43. The fourth-order valence-corrected chi connectivity index (χ4v) is 2.38. The maximum Gasteiger partial charge on any atom is 0.340 e. The van der Waals surface area contributed by atoms with Crippen molar-refractivity contribution in [3.8, 4) is 11.5 Å². The standard InChI is InChI=1S/C19H27N5O5/c1-7-8-24-16(21-22-23-24)11-29-17(25)12-9-14(27-5)15(28-6)10-13(12)20-18(26)19(2,3)4/h9-10H,7-8,11H2,1-6H3,(H,20,26). The molecule has 1 heterocycles. The van der Waals surface area contributed by atoms with Gasteiger partial charge in [-0.1, -0.05) is 27.7 Å². The second kappa shape index (κ2) is 9.35. The van der Waals surface area contributed by atoms with E-state index in [1.54, 1.807) is 25.5 Å². The van der Waals surface area contributed by atoms with Gasteiger partial charge in [-0.3, -0.25) is 4.79 Å². The number of amides is 1. The minimum atomic E-state index is -0.656. The molecule has 0 saturated heterocycles. The molecule has 158 valence electrons. The number of hydrogen-bond donors (Lipinski definition) is 1. The number of nitrogens with zero attached hydrogens (tertiary/aromatic N) is 4. The van der Waals surface area contributed by atoms with Crippen molar-refractivity contribution in [2.24, 2.45) is 5.41 Å². The van der Waals surface area contributed by atoms with Crippen LogP contribution in [-0.4, -0.2) is 46.3 Å². The van der Waals surface area contributed by atoms with Crippen LogP contribution in [0.15, 0.2) is 12.1 Å². The molecule has 10 heteroatoms. The van der Waals surface area contributed by atoms with E-state index in [1.165, 1.54) is 26.4 Å². The number of esters is 1. The first kappa shape index (κ1) is 22.1. The Morgan fingerprint density at radius 2 is 1.79 bits per heavy atom. The Bertz CT molecular complexity index is 872. The molecule has 2 rings (SSSR count). The van der Waals surface area contributed by atoms with Crippen LogP contribution in [0.5, 0.6) is 11.5 Å². The highest BCUT2D eigenvalue weighted by molar-refractivity contribution is 6.03. The van der Waals surface area contributed by atoms with Gasteiger partial charge in [-0.05, 0) is 16.8 Å². The topological polar surface area (TPSA) is 117 Å². The van der Waals surface area contributed by atoms with Gasteiger partial charge >= 0.3 is 5.97 Å². The highest BCUT2D eigenvalue weighted by Gasteiger charge is 2.25. The van der Waals surface area contributed by atoms with Gasteiger partial charge in [0.05, 0.1) is 25.5 Å². The smallest absolute Gasteiger partial charge is 0.340 e. The fourth-order valence-electron chi connectivity index (χ4n) is 2.38. The number of methoxy groups -OCH3 is 2. The van der Waals surface area contributed by atoms with Crippen LogP contribution in [-0.2, 0) is 22.7 Å². The number of benzene rings is 1. The number of hydrogen-bond acceptors (Lipinski definition) is 8. The number of tetrazole rings is 1. The predicted molar refractivity (Wildman–Crippen MR) is 105 cm³/mol. The van der Waals surface area contributed by atoms with Crippen LogP contribution in [0, 0.1) is 5.41 Å². The van der Waals surface area contributed by atoms with E-state index in [0.717, 1.165) is 6.42 Å². The molecule has 0 spiro atoms. The summed E-state index contributed by atoms with van der Waals surface area (Å²) in [6.45, 7) is 7.82. The summed E-state index contributed by atoms with van der Waals surface area (Å²) in [7, 11) is 2.93. The molecule has 0 atom stereocenters. The first-order valence-electron chi connectivity index (χ1n) is 9.20. The summed E-state index contributed by atoms with van der Waals surface area (Å²) in [5.74, 6) is 0.233. The second-order valence-corrected chi connectivity index (χ2v) is 7.35. The maximum atomic E-state index is 12.8. The fraction of sp³-hybridized carbons (Fsp3) is 0.526. The third-order valence-corrected chi connectivity index (χ3v) is 4.05. The lowest BCUT2D eigenvalue weighted by Gasteiger charge is -2.20. The van der Waals surface area contributed by atoms with Gasteiger partial charge in [0.2, 0.25) is 5.91 Å². The molecule has 0 radical (unpaired) electrons. The van der Waals surface area contributed by atoms with Gasteiger partial charge in [-0.15, -0.1) is 5.10 Å². The van der Waals surface area contributed by atoms with E-state index < -0.39 is 11.4 Å². The summed E-state index contributed by atoms with van der Waals surface area (Å²) in [5.41, 5.74) is -0.258. The van der Waals surface area contributed by atoms with Crippen molar-refractivity contribution in [1.82, 2.24) is 20.2 Å². The summed E-state index contributed by atoms with van der Waals surface area (Å²) in [5, 5.41) is 14.1. The SMILES string of the molecule is CCCn1nnnc1COC(=O)c1cc(OC)c(OC)cc1NC(=O)C(C)(C)C. The van der Waals surface area contributed by atoms with Crippen molar-refractivity contribution < 1.29 is 23.8 Å². The number of carbonyl (C=O) groups is 2. The Hall–Kier alpha value is -3.17. The Balaban J connectivity index is 2.31. The number of carbonyl (C=O) groups excluding carboxylic acids is 2. The maximum absolute atomic E-state index is 12.8.